The Bertz CT molecular complexity index is 266. The lowest BCUT2D eigenvalue weighted by atomic mass is 10.2. The van der Waals surface area contributed by atoms with Crippen molar-refractivity contribution in [2.75, 3.05) is 13.2 Å². The highest BCUT2D eigenvalue weighted by Crippen LogP contribution is 2.04. The number of carbonyl (C=O) groups is 1. The van der Waals surface area contributed by atoms with Gasteiger partial charge in [-0.2, -0.15) is 10.5 Å². The lowest BCUT2D eigenvalue weighted by molar-refractivity contribution is -0.153. The summed E-state index contributed by atoms with van der Waals surface area (Å²) < 4.78 is 13.6. The van der Waals surface area contributed by atoms with E-state index in [9.17, 15) is 4.79 Å². The van der Waals surface area contributed by atoms with E-state index in [1.165, 1.54) is 12.5 Å². The molecule has 0 heterocycles. The van der Waals surface area contributed by atoms with Crippen LogP contribution in [0.15, 0.2) is 0 Å². The van der Waals surface area contributed by atoms with Crippen molar-refractivity contribution >= 4 is 5.97 Å². The van der Waals surface area contributed by atoms with Gasteiger partial charge in [0.25, 0.3) is 12.5 Å². The zero-order chi connectivity index (χ0) is 11.5. The predicted octanol–water partition coefficient (Wildman–Crippen LogP) is 0.694. The molecule has 0 aliphatic carbocycles. The van der Waals surface area contributed by atoms with Gasteiger partial charge in [0.05, 0.1) is 6.61 Å². The van der Waals surface area contributed by atoms with Crippen LogP contribution in [0.3, 0.4) is 0 Å². The van der Waals surface area contributed by atoms with Gasteiger partial charge in [-0.3, -0.25) is 0 Å². The van der Waals surface area contributed by atoms with Gasteiger partial charge in [0.15, 0.2) is 0 Å². The average molecular weight is 212 g/mol. The molecule has 0 rings (SSSR count). The van der Waals surface area contributed by atoms with Crippen LogP contribution in [-0.2, 0) is 19.0 Å². The Morgan fingerprint density at radius 3 is 2.67 bits per heavy atom. The number of ether oxygens (including phenoxy) is 3. The summed E-state index contributed by atoms with van der Waals surface area (Å²) >= 11 is 0. The Morgan fingerprint density at radius 2 is 2.13 bits per heavy atom. The second-order valence-corrected chi connectivity index (χ2v) is 2.53. The lowest BCUT2D eigenvalue weighted by Crippen LogP contribution is -2.25. The number of hydrogen-bond acceptors (Lipinski definition) is 6. The van der Waals surface area contributed by atoms with E-state index >= 15 is 0 Å². The Hall–Kier alpha value is -1.95. The van der Waals surface area contributed by atoms with E-state index in [0.29, 0.717) is 6.42 Å². The van der Waals surface area contributed by atoms with Gasteiger partial charge in [-0.05, 0) is 19.8 Å². The summed E-state index contributed by atoms with van der Waals surface area (Å²) in [5, 5.41) is 16.4. The maximum atomic E-state index is 11.2. The van der Waals surface area contributed by atoms with Crippen LogP contribution in [0.1, 0.15) is 19.8 Å². The van der Waals surface area contributed by atoms with Crippen molar-refractivity contribution in [3.05, 3.63) is 0 Å². The highest BCUT2D eigenvalue weighted by molar-refractivity contribution is 5.74. The zero-order valence-electron chi connectivity index (χ0n) is 8.43. The minimum Gasteiger partial charge on any atom is -0.463 e. The van der Waals surface area contributed by atoms with E-state index in [4.69, 9.17) is 15.3 Å². The molecule has 82 valence electrons. The first-order valence-corrected chi connectivity index (χ1v) is 4.48. The number of rotatable bonds is 7. The van der Waals surface area contributed by atoms with Gasteiger partial charge in [0.1, 0.15) is 6.61 Å². The first kappa shape index (κ1) is 13.1. The Kier molecular flexibility index (Phi) is 7.52. The molecule has 0 saturated carbocycles. The average Bonchev–Trinajstić information content (AvgIpc) is 2.23. The minimum absolute atomic E-state index is 0.196. The van der Waals surface area contributed by atoms with E-state index in [1.807, 2.05) is 0 Å². The van der Waals surface area contributed by atoms with Gasteiger partial charge in [-0.1, -0.05) is 0 Å². The molecule has 0 aliphatic heterocycles. The Morgan fingerprint density at radius 1 is 1.40 bits per heavy atom. The van der Waals surface area contributed by atoms with Crippen molar-refractivity contribution in [3.63, 3.8) is 0 Å². The second kappa shape index (κ2) is 8.64. The third-order valence-corrected chi connectivity index (χ3v) is 1.52. The van der Waals surface area contributed by atoms with Gasteiger partial charge < -0.3 is 14.2 Å². The molecule has 0 aliphatic rings. The standard InChI is InChI=1S/C9H12N2O4/c1-2-14-9(12)8(15-7-11)4-3-5-13-6-10/h8H,2-5H2,1H3. The van der Waals surface area contributed by atoms with E-state index in [-0.39, 0.29) is 19.6 Å². The molecule has 0 bridgehead atoms. The molecule has 0 aromatic rings. The van der Waals surface area contributed by atoms with E-state index in [0.717, 1.165) is 0 Å². The number of esters is 1. The van der Waals surface area contributed by atoms with Crippen LogP contribution in [-0.4, -0.2) is 25.3 Å². The molecule has 0 N–H and O–H groups in total. The molecule has 0 radical (unpaired) electrons. The van der Waals surface area contributed by atoms with Crippen LogP contribution in [0.5, 0.6) is 0 Å². The topological polar surface area (TPSA) is 92.3 Å². The van der Waals surface area contributed by atoms with Crippen LogP contribution < -0.4 is 0 Å². The number of nitriles is 2. The summed E-state index contributed by atoms with van der Waals surface area (Å²) in [5.41, 5.74) is 0. The van der Waals surface area contributed by atoms with Crippen LogP contribution >= 0.6 is 0 Å². The molecule has 0 aromatic carbocycles. The summed E-state index contributed by atoms with van der Waals surface area (Å²) in [6.07, 6.45) is 2.77. The zero-order valence-corrected chi connectivity index (χ0v) is 8.43. The fraction of sp³-hybridized carbons (Fsp3) is 0.667. The van der Waals surface area contributed by atoms with Gasteiger partial charge in [0, 0.05) is 0 Å². The molecule has 15 heavy (non-hydrogen) atoms. The van der Waals surface area contributed by atoms with E-state index < -0.39 is 12.1 Å². The monoisotopic (exact) mass is 212 g/mol. The van der Waals surface area contributed by atoms with Crippen LogP contribution in [0, 0.1) is 23.0 Å². The predicted molar refractivity (Wildman–Crippen MR) is 47.9 cm³/mol. The fourth-order valence-electron chi connectivity index (χ4n) is 0.910. The largest absolute Gasteiger partial charge is 0.463 e. The van der Waals surface area contributed by atoms with Gasteiger partial charge in [-0.25, -0.2) is 4.79 Å². The molecule has 0 spiro atoms. The molecule has 0 saturated heterocycles. The molecule has 6 nitrogen and oxygen atoms in total. The van der Waals surface area contributed by atoms with E-state index in [1.54, 1.807) is 6.92 Å². The second-order valence-electron chi connectivity index (χ2n) is 2.53. The highest BCUT2D eigenvalue weighted by atomic mass is 16.6. The summed E-state index contributed by atoms with van der Waals surface area (Å²) in [5.74, 6) is -0.573. The smallest absolute Gasteiger partial charge is 0.348 e. The molecule has 0 amide bonds. The SMILES string of the molecule is CCOC(=O)C(CCCOC#N)OC#N. The molecular weight excluding hydrogens is 200 g/mol. The first-order chi connectivity index (χ1) is 7.26. The molecule has 6 heteroatoms. The summed E-state index contributed by atoms with van der Waals surface area (Å²) in [6, 6.07) is 0. The van der Waals surface area contributed by atoms with Crippen molar-refractivity contribution in [2.45, 2.75) is 25.9 Å². The molecular formula is C9H12N2O4. The fourth-order valence-corrected chi connectivity index (χ4v) is 0.910. The first-order valence-electron chi connectivity index (χ1n) is 4.48. The van der Waals surface area contributed by atoms with Crippen LogP contribution in [0.4, 0.5) is 0 Å². The Balaban J connectivity index is 3.89. The maximum absolute atomic E-state index is 11.2. The summed E-state index contributed by atoms with van der Waals surface area (Å²) in [6.45, 7) is 2.10. The van der Waals surface area contributed by atoms with Crippen molar-refractivity contribution in [1.29, 1.82) is 10.5 Å². The normalized spacial score (nSPS) is 10.6. The summed E-state index contributed by atoms with van der Waals surface area (Å²) in [7, 11) is 0. The third-order valence-electron chi connectivity index (χ3n) is 1.52. The van der Waals surface area contributed by atoms with Gasteiger partial charge >= 0.3 is 5.97 Å². The third kappa shape index (κ3) is 6.17. The summed E-state index contributed by atoms with van der Waals surface area (Å²) in [4.78, 5) is 11.2. The Labute approximate surface area is 87.9 Å². The molecule has 1 atom stereocenters. The quantitative estimate of drug-likeness (QED) is 0.350. The highest BCUT2D eigenvalue weighted by Gasteiger charge is 2.20. The number of nitrogens with zero attached hydrogens (tertiary/aromatic N) is 2. The van der Waals surface area contributed by atoms with Crippen molar-refractivity contribution < 1.29 is 19.0 Å². The lowest BCUT2D eigenvalue weighted by Gasteiger charge is -2.11. The minimum atomic E-state index is -0.905. The maximum Gasteiger partial charge on any atom is 0.348 e. The molecule has 0 aromatic heterocycles. The molecule has 1 unspecified atom stereocenters. The van der Waals surface area contributed by atoms with Crippen LogP contribution in [0.25, 0.3) is 0 Å². The van der Waals surface area contributed by atoms with Crippen LogP contribution in [0.2, 0.25) is 0 Å². The van der Waals surface area contributed by atoms with Gasteiger partial charge in [0.2, 0.25) is 6.10 Å². The molecule has 0 fully saturated rings. The van der Waals surface area contributed by atoms with Crippen molar-refractivity contribution in [3.8, 4) is 12.5 Å². The number of carbonyl (C=O) groups excluding carboxylic acids is 1. The van der Waals surface area contributed by atoms with E-state index in [2.05, 4.69) is 9.47 Å². The number of hydrogen-bond donors (Lipinski definition) is 0. The van der Waals surface area contributed by atoms with Crippen molar-refractivity contribution in [1.82, 2.24) is 0 Å². The van der Waals surface area contributed by atoms with Crippen molar-refractivity contribution in [2.24, 2.45) is 0 Å². The van der Waals surface area contributed by atoms with Gasteiger partial charge in [-0.15, -0.1) is 0 Å².